The summed E-state index contributed by atoms with van der Waals surface area (Å²) >= 11 is 0. The van der Waals surface area contributed by atoms with Gasteiger partial charge >= 0.3 is 5.97 Å². The van der Waals surface area contributed by atoms with Crippen LogP contribution in [-0.4, -0.2) is 66.8 Å². The number of aliphatic hydroxyl groups is 1. The predicted octanol–water partition coefficient (Wildman–Crippen LogP) is 2.48. The second kappa shape index (κ2) is 10.4. The predicted molar refractivity (Wildman–Crippen MR) is 133 cm³/mol. The van der Waals surface area contributed by atoms with E-state index in [1.165, 1.54) is 25.2 Å². The highest BCUT2D eigenvalue weighted by Crippen LogP contribution is 2.39. The summed E-state index contributed by atoms with van der Waals surface area (Å²) < 4.78 is 10.1. The van der Waals surface area contributed by atoms with Gasteiger partial charge in [-0.05, 0) is 23.6 Å². The number of phenolic OH excluding ortho intramolecular Hbond substituents is 1. The molecular formula is C26H25N3O7. The average molecular weight is 492 g/mol. The first-order valence-electron chi connectivity index (χ1n) is 11.1. The Balaban J connectivity index is 1.80. The third-order valence-corrected chi connectivity index (χ3v) is 5.83. The number of rotatable bonds is 8. The largest absolute Gasteiger partial charge is 0.505 e. The number of carbonyl (C=O) groups is 3. The zero-order valence-corrected chi connectivity index (χ0v) is 19.7. The van der Waals surface area contributed by atoms with Crippen molar-refractivity contribution in [2.75, 3.05) is 44.5 Å². The van der Waals surface area contributed by atoms with Crippen LogP contribution in [0.1, 0.15) is 10.4 Å². The molecule has 0 bridgehead atoms. The van der Waals surface area contributed by atoms with Gasteiger partial charge in [-0.3, -0.25) is 9.59 Å². The number of aromatic hydroxyl groups is 1. The number of nitrogens with zero attached hydrogens (tertiary/aromatic N) is 1. The second-order valence-corrected chi connectivity index (χ2v) is 7.94. The Kier molecular flexibility index (Phi) is 7.07. The van der Waals surface area contributed by atoms with E-state index in [0.717, 1.165) is 0 Å². The number of fused-ring (bicyclic) bond motifs is 1. The molecule has 1 aliphatic heterocycles. The van der Waals surface area contributed by atoms with E-state index in [-0.39, 0.29) is 42.2 Å². The van der Waals surface area contributed by atoms with Gasteiger partial charge < -0.3 is 35.2 Å². The number of esters is 1. The number of benzene rings is 3. The zero-order valence-electron chi connectivity index (χ0n) is 19.7. The molecule has 2 amide bonds. The normalized spacial score (nSPS) is 13.2. The molecule has 10 nitrogen and oxygen atoms in total. The Morgan fingerprint density at radius 1 is 1.08 bits per heavy atom. The molecule has 0 atom stereocenters. The third-order valence-electron chi connectivity index (χ3n) is 5.83. The van der Waals surface area contributed by atoms with Gasteiger partial charge in [0.25, 0.3) is 11.8 Å². The first-order chi connectivity index (χ1) is 17.4. The Morgan fingerprint density at radius 3 is 2.53 bits per heavy atom. The maximum Gasteiger partial charge on any atom is 0.337 e. The first kappa shape index (κ1) is 24.6. The number of anilines is 2. The third kappa shape index (κ3) is 4.53. The van der Waals surface area contributed by atoms with Gasteiger partial charge in [-0.2, -0.15) is 0 Å². The highest BCUT2D eigenvalue weighted by molar-refractivity contribution is 6.15. The minimum Gasteiger partial charge on any atom is -0.505 e. The molecule has 0 aromatic heterocycles. The van der Waals surface area contributed by atoms with Crippen molar-refractivity contribution >= 4 is 39.9 Å². The molecule has 36 heavy (non-hydrogen) atoms. The first-order valence-corrected chi connectivity index (χ1v) is 11.1. The van der Waals surface area contributed by atoms with Crippen LogP contribution in [0, 0.1) is 0 Å². The molecule has 0 saturated carbocycles. The Bertz CT molecular complexity index is 1380. The van der Waals surface area contributed by atoms with Crippen molar-refractivity contribution < 1.29 is 34.1 Å². The lowest BCUT2D eigenvalue weighted by atomic mass is 10.0. The zero-order chi connectivity index (χ0) is 25.8. The highest BCUT2D eigenvalue weighted by atomic mass is 16.5. The maximum atomic E-state index is 13.2. The van der Waals surface area contributed by atoms with Crippen molar-refractivity contribution in [2.24, 2.45) is 0 Å². The number of methoxy groups -OCH3 is 2. The molecule has 4 rings (SSSR count). The van der Waals surface area contributed by atoms with Gasteiger partial charge in [-0.25, -0.2) is 4.79 Å². The molecule has 3 aromatic rings. The van der Waals surface area contributed by atoms with Crippen LogP contribution >= 0.6 is 0 Å². The van der Waals surface area contributed by atoms with Crippen LogP contribution in [0.4, 0.5) is 11.4 Å². The Hall–Kier alpha value is -4.57. The number of hydrogen-bond acceptors (Lipinski definition) is 8. The summed E-state index contributed by atoms with van der Waals surface area (Å²) in [6.07, 6.45) is 0. The Labute approximate surface area is 206 Å². The van der Waals surface area contributed by atoms with Crippen LogP contribution in [0.25, 0.3) is 10.8 Å². The highest BCUT2D eigenvalue weighted by Gasteiger charge is 2.35. The molecule has 0 unspecified atom stereocenters. The van der Waals surface area contributed by atoms with E-state index in [2.05, 4.69) is 10.6 Å². The van der Waals surface area contributed by atoms with Crippen molar-refractivity contribution in [1.29, 1.82) is 0 Å². The molecule has 0 saturated heterocycles. The lowest BCUT2D eigenvalue weighted by Gasteiger charge is -2.18. The average Bonchev–Trinajstić information content (AvgIpc) is 3.20. The summed E-state index contributed by atoms with van der Waals surface area (Å²) in [7, 11) is 2.67. The topological polar surface area (TPSA) is 137 Å². The van der Waals surface area contributed by atoms with Crippen LogP contribution in [0.2, 0.25) is 0 Å². The molecule has 3 aromatic carbocycles. The van der Waals surface area contributed by atoms with E-state index in [1.807, 2.05) is 0 Å². The standard InChI is InChI=1S/C26H25N3O7/c1-35-20-10-6-5-9-19(20)27-24(32)17-13-15-7-3-4-8-16(15)21(23(17)31)28-22-18(26(34)36-2)14-29(11-12-30)25(22)33/h3-10,13,28,30-31H,11-12,14H2,1-2H3,(H,27,32). The van der Waals surface area contributed by atoms with Gasteiger partial charge in [-0.1, -0.05) is 36.4 Å². The van der Waals surface area contributed by atoms with Crippen molar-refractivity contribution in [1.82, 2.24) is 4.90 Å². The molecular weight excluding hydrogens is 466 g/mol. The van der Waals surface area contributed by atoms with E-state index >= 15 is 0 Å². The van der Waals surface area contributed by atoms with Crippen molar-refractivity contribution in [3.63, 3.8) is 0 Å². The van der Waals surface area contributed by atoms with Crippen LogP contribution < -0.4 is 15.4 Å². The summed E-state index contributed by atoms with van der Waals surface area (Å²) in [5.41, 5.74) is 0.378. The van der Waals surface area contributed by atoms with Crippen LogP contribution in [0.5, 0.6) is 11.5 Å². The molecule has 0 radical (unpaired) electrons. The number of para-hydroxylation sites is 2. The smallest absolute Gasteiger partial charge is 0.337 e. The molecule has 186 valence electrons. The number of phenols is 1. The van der Waals surface area contributed by atoms with Gasteiger partial charge in [0.2, 0.25) is 0 Å². The number of hydrogen-bond donors (Lipinski definition) is 4. The number of nitrogens with one attached hydrogen (secondary N) is 2. The molecule has 4 N–H and O–H groups in total. The molecule has 1 heterocycles. The second-order valence-electron chi connectivity index (χ2n) is 7.94. The van der Waals surface area contributed by atoms with Crippen LogP contribution in [-0.2, 0) is 14.3 Å². The van der Waals surface area contributed by atoms with E-state index in [0.29, 0.717) is 22.2 Å². The number of β-amino-alcohol motifs (C(OH)–C–C–N with tert-alkyl or cyclic N) is 1. The minimum absolute atomic E-state index is 0.0125. The van der Waals surface area contributed by atoms with Gasteiger partial charge in [0.15, 0.2) is 5.75 Å². The molecule has 10 heteroatoms. The fraction of sp³-hybridized carbons (Fsp3) is 0.192. The SMILES string of the molecule is COC(=O)C1=C(Nc2c(O)c(C(=O)Nc3ccccc3OC)cc3ccccc23)C(=O)N(CCO)C1. The lowest BCUT2D eigenvalue weighted by molar-refractivity contribution is -0.136. The quantitative estimate of drug-likeness (QED) is 0.279. The number of amides is 2. The number of aliphatic hydroxyl groups excluding tert-OH is 1. The van der Waals surface area contributed by atoms with Crippen molar-refractivity contribution in [3.05, 3.63) is 71.4 Å². The van der Waals surface area contributed by atoms with E-state index < -0.39 is 23.5 Å². The summed E-state index contributed by atoms with van der Waals surface area (Å²) in [6.45, 7) is -0.347. The molecule has 1 aliphatic rings. The van der Waals surface area contributed by atoms with E-state index in [4.69, 9.17) is 9.47 Å². The fourth-order valence-corrected chi connectivity index (χ4v) is 4.05. The summed E-state index contributed by atoms with van der Waals surface area (Å²) in [4.78, 5) is 39.9. The lowest BCUT2D eigenvalue weighted by Crippen LogP contribution is -2.31. The van der Waals surface area contributed by atoms with E-state index in [1.54, 1.807) is 48.5 Å². The van der Waals surface area contributed by atoms with Gasteiger partial charge in [-0.15, -0.1) is 0 Å². The van der Waals surface area contributed by atoms with Crippen LogP contribution in [0.3, 0.4) is 0 Å². The maximum absolute atomic E-state index is 13.2. The molecule has 0 fully saturated rings. The summed E-state index contributed by atoms with van der Waals surface area (Å²) in [6, 6.07) is 15.4. The van der Waals surface area contributed by atoms with Crippen molar-refractivity contribution in [2.45, 2.75) is 0 Å². The number of ether oxygens (including phenoxy) is 2. The van der Waals surface area contributed by atoms with E-state index in [9.17, 15) is 24.6 Å². The monoisotopic (exact) mass is 491 g/mol. The van der Waals surface area contributed by atoms with Crippen molar-refractivity contribution in [3.8, 4) is 11.5 Å². The van der Waals surface area contributed by atoms with Gasteiger partial charge in [0, 0.05) is 11.9 Å². The molecule has 0 spiro atoms. The Morgan fingerprint density at radius 2 is 1.81 bits per heavy atom. The summed E-state index contributed by atoms with van der Waals surface area (Å²) in [5, 5.41) is 27.3. The number of carbonyl (C=O) groups excluding carboxylic acids is 3. The minimum atomic E-state index is -0.722. The summed E-state index contributed by atoms with van der Waals surface area (Å²) in [5.74, 6) is -1.84. The van der Waals surface area contributed by atoms with Crippen LogP contribution in [0.15, 0.2) is 65.9 Å². The molecule has 0 aliphatic carbocycles. The van der Waals surface area contributed by atoms with Gasteiger partial charge in [0.1, 0.15) is 11.4 Å². The fourth-order valence-electron chi connectivity index (χ4n) is 4.05. The van der Waals surface area contributed by atoms with Gasteiger partial charge in [0.05, 0.1) is 49.9 Å².